The van der Waals surface area contributed by atoms with Gasteiger partial charge in [0.2, 0.25) is 0 Å². The molecule has 1 heterocycles. The molecule has 0 bridgehead atoms. The van der Waals surface area contributed by atoms with Crippen LogP contribution in [0.15, 0.2) is 47.2 Å². The van der Waals surface area contributed by atoms with Gasteiger partial charge in [-0.15, -0.1) is 0 Å². The second kappa shape index (κ2) is 5.83. The second-order valence-corrected chi connectivity index (χ2v) is 5.17. The maximum absolute atomic E-state index is 12.7. The summed E-state index contributed by atoms with van der Waals surface area (Å²) in [4.78, 5) is 4.06. The maximum atomic E-state index is 12.7. The second-order valence-electron chi connectivity index (χ2n) is 4.36. The van der Waals surface area contributed by atoms with Gasteiger partial charge in [-0.3, -0.25) is 0 Å². The summed E-state index contributed by atoms with van der Waals surface area (Å²) in [7, 11) is 0. The van der Waals surface area contributed by atoms with E-state index in [9.17, 15) is 13.2 Å². The summed E-state index contributed by atoms with van der Waals surface area (Å²) in [5, 5.41) is 3.11. The molecule has 0 saturated heterocycles. The Hall–Kier alpha value is -1.56. The first-order valence-electron chi connectivity index (χ1n) is 5.91. The Kier molecular flexibility index (Phi) is 4.32. The van der Waals surface area contributed by atoms with Gasteiger partial charge in [-0.25, -0.2) is 4.98 Å². The molecule has 2 aromatic rings. The van der Waals surface area contributed by atoms with Gasteiger partial charge in [0.15, 0.2) is 0 Å². The average Bonchev–Trinajstić information content (AvgIpc) is 2.40. The quantitative estimate of drug-likeness (QED) is 0.789. The van der Waals surface area contributed by atoms with Crippen molar-refractivity contribution >= 4 is 21.6 Å². The van der Waals surface area contributed by atoms with Gasteiger partial charge in [0, 0.05) is 6.04 Å². The molecule has 1 aromatic heterocycles. The lowest BCUT2D eigenvalue weighted by Gasteiger charge is -2.17. The molecule has 0 spiro atoms. The molecule has 1 N–H and O–H groups in total. The fourth-order valence-corrected chi connectivity index (χ4v) is 2.01. The number of anilines is 1. The molecule has 0 saturated carbocycles. The predicted molar refractivity (Wildman–Crippen MR) is 75.4 cm³/mol. The first-order valence-corrected chi connectivity index (χ1v) is 6.71. The van der Waals surface area contributed by atoms with Crippen LogP contribution in [0.1, 0.15) is 24.1 Å². The molecule has 1 atom stereocenters. The van der Waals surface area contributed by atoms with Crippen LogP contribution in [0.5, 0.6) is 0 Å². The lowest BCUT2D eigenvalue weighted by Crippen LogP contribution is -2.10. The number of benzene rings is 1. The molecule has 2 nitrogen and oxygen atoms in total. The number of alkyl halides is 3. The van der Waals surface area contributed by atoms with Crippen LogP contribution in [0.2, 0.25) is 0 Å². The van der Waals surface area contributed by atoms with E-state index in [2.05, 4.69) is 26.2 Å². The molecule has 1 unspecified atom stereocenters. The molecule has 0 aliphatic heterocycles. The highest BCUT2D eigenvalue weighted by Crippen LogP contribution is 2.31. The number of hydrogen-bond acceptors (Lipinski definition) is 2. The Balaban J connectivity index is 2.17. The minimum Gasteiger partial charge on any atom is -0.377 e. The highest BCUT2D eigenvalue weighted by Gasteiger charge is 2.30. The minimum atomic E-state index is -4.32. The van der Waals surface area contributed by atoms with Crippen LogP contribution in [0.25, 0.3) is 0 Å². The number of halogens is 4. The van der Waals surface area contributed by atoms with Crippen LogP contribution in [-0.2, 0) is 6.18 Å². The SMILES string of the molecule is CC(Nc1ccc(Br)nc1)c1cccc(C(F)(F)F)c1. The molecule has 2 rings (SSSR count). The summed E-state index contributed by atoms with van der Waals surface area (Å²) in [5.74, 6) is 0. The largest absolute Gasteiger partial charge is 0.416 e. The van der Waals surface area contributed by atoms with Gasteiger partial charge in [0.05, 0.1) is 17.4 Å². The topological polar surface area (TPSA) is 24.9 Å². The Morgan fingerprint density at radius 2 is 1.95 bits per heavy atom. The lowest BCUT2D eigenvalue weighted by molar-refractivity contribution is -0.137. The van der Waals surface area contributed by atoms with Crippen molar-refractivity contribution < 1.29 is 13.2 Å². The van der Waals surface area contributed by atoms with E-state index in [1.54, 1.807) is 31.3 Å². The summed E-state index contributed by atoms with van der Waals surface area (Å²) in [6.45, 7) is 1.80. The molecule has 20 heavy (non-hydrogen) atoms. The number of nitrogens with zero attached hydrogens (tertiary/aromatic N) is 1. The monoisotopic (exact) mass is 344 g/mol. The first kappa shape index (κ1) is 14.8. The highest BCUT2D eigenvalue weighted by molar-refractivity contribution is 9.10. The van der Waals surface area contributed by atoms with Crippen LogP contribution >= 0.6 is 15.9 Å². The van der Waals surface area contributed by atoms with E-state index < -0.39 is 11.7 Å². The standard InChI is InChI=1S/C14H12BrF3N2/c1-9(20-12-5-6-13(15)19-8-12)10-3-2-4-11(7-10)14(16,17)18/h2-9,20H,1H3. The van der Waals surface area contributed by atoms with Crippen molar-refractivity contribution in [2.75, 3.05) is 5.32 Å². The maximum Gasteiger partial charge on any atom is 0.416 e. The van der Waals surface area contributed by atoms with Crippen LogP contribution in [0.3, 0.4) is 0 Å². The fraction of sp³-hybridized carbons (Fsp3) is 0.214. The summed E-state index contributed by atoms with van der Waals surface area (Å²) in [6, 6.07) is 8.62. The Morgan fingerprint density at radius 1 is 1.20 bits per heavy atom. The smallest absolute Gasteiger partial charge is 0.377 e. The summed E-state index contributed by atoms with van der Waals surface area (Å²) in [6.07, 6.45) is -2.71. The van der Waals surface area contributed by atoms with Crippen molar-refractivity contribution in [3.8, 4) is 0 Å². The molecule has 0 fully saturated rings. The van der Waals surface area contributed by atoms with Crippen molar-refractivity contribution in [3.63, 3.8) is 0 Å². The fourth-order valence-electron chi connectivity index (χ4n) is 1.78. The van der Waals surface area contributed by atoms with E-state index >= 15 is 0 Å². The first-order chi connectivity index (χ1) is 9.36. The van der Waals surface area contributed by atoms with Crippen LogP contribution < -0.4 is 5.32 Å². The number of hydrogen-bond donors (Lipinski definition) is 1. The highest BCUT2D eigenvalue weighted by atomic mass is 79.9. The van der Waals surface area contributed by atoms with Gasteiger partial charge in [-0.1, -0.05) is 12.1 Å². The van der Waals surface area contributed by atoms with Crippen molar-refractivity contribution in [1.82, 2.24) is 4.98 Å². The zero-order valence-electron chi connectivity index (χ0n) is 10.6. The van der Waals surface area contributed by atoms with Gasteiger partial charge >= 0.3 is 6.18 Å². The normalized spacial score (nSPS) is 13.1. The van der Waals surface area contributed by atoms with E-state index in [1.165, 1.54) is 6.07 Å². The molecular weight excluding hydrogens is 333 g/mol. The van der Waals surface area contributed by atoms with Gasteiger partial charge in [-0.05, 0) is 52.7 Å². The van der Waals surface area contributed by atoms with Gasteiger partial charge in [-0.2, -0.15) is 13.2 Å². The molecular formula is C14H12BrF3N2. The van der Waals surface area contributed by atoms with Gasteiger partial charge in [0.1, 0.15) is 4.60 Å². The number of aromatic nitrogens is 1. The van der Waals surface area contributed by atoms with Crippen LogP contribution in [0.4, 0.5) is 18.9 Å². The van der Waals surface area contributed by atoms with Gasteiger partial charge < -0.3 is 5.32 Å². The zero-order chi connectivity index (χ0) is 14.8. The Bertz CT molecular complexity index is 582. The van der Waals surface area contributed by atoms with E-state index in [-0.39, 0.29) is 6.04 Å². The summed E-state index contributed by atoms with van der Waals surface area (Å²) >= 11 is 3.22. The number of pyridine rings is 1. The summed E-state index contributed by atoms with van der Waals surface area (Å²) in [5.41, 5.74) is 0.679. The predicted octanol–water partition coefficient (Wildman–Crippen LogP) is 5.04. The minimum absolute atomic E-state index is 0.250. The molecule has 0 aliphatic rings. The van der Waals surface area contributed by atoms with E-state index in [0.717, 1.165) is 17.8 Å². The van der Waals surface area contributed by atoms with E-state index in [1.807, 2.05) is 0 Å². The summed E-state index contributed by atoms with van der Waals surface area (Å²) < 4.78 is 38.7. The van der Waals surface area contributed by atoms with Crippen molar-refractivity contribution in [2.24, 2.45) is 0 Å². The van der Waals surface area contributed by atoms with E-state index in [4.69, 9.17) is 0 Å². The Morgan fingerprint density at radius 3 is 2.55 bits per heavy atom. The zero-order valence-corrected chi connectivity index (χ0v) is 12.2. The number of nitrogens with one attached hydrogen (secondary N) is 1. The van der Waals surface area contributed by atoms with Crippen molar-refractivity contribution in [1.29, 1.82) is 0 Å². The number of rotatable bonds is 3. The molecule has 0 radical (unpaired) electrons. The lowest BCUT2D eigenvalue weighted by atomic mass is 10.0. The van der Waals surface area contributed by atoms with Crippen LogP contribution in [-0.4, -0.2) is 4.98 Å². The molecule has 0 amide bonds. The average molecular weight is 345 g/mol. The third-order valence-electron chi connectivity index (χ3n) is 2.82. The molecule has 6 heteroatoms. The third-order valence-corrected chi connectivity index (χ3v) is 3.29. The van der Waals surface area contributed by atoms with Crippen LogP contribution in [0, 0.1) is 0 Å². The van der Waals surface area contributed by atoms with E-state index in [0.29, 0.717) is 10.2 Å². The van der Waals surface area contributed by atoms with Crippen molar-refractivity contribution in [3.05, 3.63) is 58.3 Å². The van der Waals surface area contributed by atoms with Gasteiger partial charge in [0.25, 0.3) is 0 Å². The third kappa shape index (κ3) is 3.72. The molecule has 106 valence electrons. The van der Waals surface area contributed by atoms with Crippen molar-refractivity contribution in [2.45, 2.75) is 19.1 Å². The molecule has 0 aliphatic carbocycles. The Labute approximate surface area is 123 Å². The molecule has 1 aromatic carbocycles.